The molecule has 0 saturated carbocycles. The largest absolute Gasteiger partial charge is 0.507 e. The van der Waals surface area contributed by atoms with Crippen LogP contribution in [0.25, 0.3) is 6.08 Å². The van der Waals surface area contributed by atoms with E-state index in [4.69, 9.17) is 4.74 Å². The maximum atomic E-state index is 14.2. The Morgan fingerprint density at radius 1 is 1.15 bits per heavy atom. The number of rotatable bonds is 3. The predicted molar refractivity (Wildman–Crippen MR) is 94.7 cm³/mol. The topological polar surface area (TPSA) is 66.8 Å². The highest BCUT2D eigenvalue weighted by Gasteiger charge is 2.38. The van der Waals surface area contributed by atoms with E-state index in [0.29, 0.717) is 5.56 Å². The van der Waals surface area contributed by atoms with E-state index in [0.717, 1.165) is 4.90 Å². The van der Waals surface area contributed by atoms with E-state index < -0.39 is 17.7 Å². The molecular formula is C20H16FNO4. The molecule has 0 spiro atoms. The van der Waals surface area contributed by atoms with Gasteiger partial charge in [-0.2, -0.15) is 0 Å². The number of ether oxygens (including phenoxy) is 1. The van der Waals surface area contributed by atoms with Gasteiger partial charge in [0.25, 0.3) is 5.91 Å². The summed E-state index contributed by atoms with van der Waals surface area (Å²) in [5.74, 6) is -1.92. The summed E-state index contributed by atoms with van der Waals surface area (Å²) in [6.45, 7) is 1.54. The van der Waals surface area contributed by atoms with Crippen LogP contribution < -0.4 is 4.90 Å². The van der Waals surface area contributed by atoms with Crippen LogP contribution in [-0.4, -0.2) is 24.1 Å². The van der Waals surface area contributed by atoms with Gasteiger partial charge >= 0.3 is 5.97 Å². The number of phenolic OH excluding ortho intramolecular Hbond substituents is 1. The number of benzene rings is 2. The first kappa shape index (κ1) is 17.4. The maximum Gasteiger partial charge on any atom is 0.340 e. The molecule has 6 heteroatoms. The smallest absolute Gasteiger partial charge is 0.340 e. The number of carbonyl (C=O) groups excluding carboxylic acids is 2. The molecule has 0 saturated heterocycles. The SMILES string of the molecule is COC(=O)C1=C(C)N(c2ccccc2F)C(=O)/C1=C\c1ccccc1O. The van der Waals surface area contributed by atoms with Crippen LogP contribution in [0.1, 0.15) is 12.5 Å². The van der Waals surface area contributed by atoms with Gasteiger partial charge in [0.15, 0.2) is 0 Å². The Balaban J connectivity index is 2.20. The number of carbonyl (C=O) groups is 2. The lowest BCUT2D eigenvalue weighted by molar-refractivity contribution is -0.136. The summed E-state index contributed by atoms with van der Waals surface area (Å²) >= 11 is 0. The molecule has 0 aliphatic carbocycles. The summed E-state index contributed by atoms with van der Waals surface area (Å²) in [5.41, 5.74) is 0.717. The number of nitrogens with zero attached hydrogens (tertiary/aromatic N) is 1. The number of methoxy groups -OCH3 is 1. The first-order valence-corrected chi connectivity index (χ1v) is 7.84. The van der Waals surface area contributed by atoms with E-state index in [2.05, 4.69) is 0 Å². The van der Waals surface area contributed by atoms with Crippen LogP contribution in [0.4, 0.5) is 10.1 Å². The molecule has 26 heavy (non-hydrogen) atoms. The lowest BCUT2D eigenvalue weighted by atomic mass is 10.0. The van der Waals surface area contributed by atoms with Gasteiger partial charge in [0.1, 0.15) is 11.6 Å². The number of hydrogen-bond acceptors (Lipinski definition) is 4. The molecule has 5 nitrogen and oxygen atoms in total. The molecule has 3 rings (SSSR count). The Bertz CT molecular complexity index is 962. The minimum Gasteiger partial charge on any atom is -0.507 e. The zero-order valence-corrected chi connectivity index (χ0v) is 14.2. The molecule has 0 fully saturated rings. The summed E-state index contributed by atoms with van der Waals surface area (Å²) in [7, 11) is 1.20. The van der Waals surface area contributed by atoms with Gasteiger partial charge in [-0.3, -0.25) is 9.69 Å². The summed E-state index contributed by atoms with van der Waals surface area (Å²) in [6.07, 6.45) is 1.40. The summed E-state index contributed by atoms with van der Waals surface area (Å²) in [4.78, 5) is 26.4. The molecule has 0 bridgehead atoms. The second-order valence-corrected chi connectivity index (χ2v) is 5.66. The number of phenols is 1. The van der Waals surface area contributed by atoms with Crippen LogP contribution in [0.15, 0.2) is 65.4 Å². The van der Waals surface area contributed by atoms with Gasteiger partial charge in [-0.25, -0.2) is 9.18 Å². The number of halogens is 1. The molecular weight excluding hydrogens is 337 g/mol. The van der Waals surface area contributed by atoms with Crippen molar-refractivity contribution in [2.75, 3.05) is 12.0 Å². The first-order chi connectivity index (χ1) is 12.5. The van der Waals surface area contributed by atoms with E-state index in [1.807, 2.05) is 0 Å². The minimum atomic E-state index is -0.712. The molecule has 2 aromatic carbocycles. The Hall–Kier alpha value is -3.41. The fraction of sp³-hybridized carbons (Fsp3) is 0.100. The molecule has 1 aliphatic heterocycles. The van der Waals surface area contributed by atoms with E-state index >= 15 is 0 Å². The van der Waals surface area contributed by atoms with Crippen molar-refractivity contribution in [3.63, 3.8) is 0 Å². The molecule has 0 unspecified atom stereocenters. The molecule has 0 aromatic heterocycles. The summed E-state index contributed by atoms with van der Waals surface area (Å²) in [5, 5.41) is 9.97. The third kappa shape index (κ3) is 2.86. The molecule has 2 aromatic rings. The van der Waals surface area contributed by atoms with Crippen LogP contribution in [0, 0.1) is 5.82 Å². The van der Waals surface area contributed by atoms with Crippen molar-refractivity contribution >= 4 is 23.6 Å². The molecule has 1 amide bonds. The summed E-state index contributed by atoms with van der Waals surface area (Å²) < 4.78 is 19.0. The highest BCUT2D eigenvalue weighted by molar-refractivity contribution is 6.23. The Kier molecular flexibility index (Phi) is 4.58. The normalized spacial score (nSPS) is 15.7. The van der Waals surface area contributed by atoms with Crippen molar-refractivity contribution in [2.45, 2.75) is 6.92 Å². The van der Waals surface area contributed by atoms with E-state index in [1.165, 1.54) is 37.5 Å². The highest BCUT2D eigenvalue weighted by Crippen LogP contribution is 2.37. The first-order valence-electron chi connectivity index (χ1n) is 7.84. The Morgan fingerprint density at radius 3 is 2.46 bits per heavy atom. The van der Waals surface area contributed by atoms with Crippen molar-refractivity contribution in [3.8, 4) is 5.75 Å². The van der Waals surface area contributed by atoms with Crippen molar-refractivity contribution in [1.29, 1.82) is 0 Å². The standard InChI is InChI=1S/C20H16FNO4/c1-12-18(20(25)26-2)14(11-13-7-3-6-10-17(13)23)19(24)22(12)16-9-5-4-8-15(16)21/h3-11,23H,1-2H3/b14-11-. The van der Waals surface area contributed by atoms with Gasteiger partial charge in [0, 0.05) is 11.3 Å². The highest BCUT2D eigenvalue weighted by atomic mass is 19.1. The molecule has 0 radical (unpaired) electrons. The maximum absolute atomic E-state index is 14.2. The van der Waals surface area contributed by atoms with Crippen LogP contribution >= 0.6 is 0 Å². The number of para-hydroxylation sites is 2. The van der Waals surface area contributed by atoms with Gasteiger partial charge in [-0.1, -0.05) is 30.3 Å². The molecule has 0 atom stereocenters. The fourth-order valence-electron chi connectivity index (χ4n) is 2.87. The lowest BCUT2D eigenvalue weighted by Crippen LogP contribution is -2.25. The van der Waals surface area contributed by atoms with E-state index in [-0.39, 0.29) is 28.3 Å². The van der Waals surface area contributed by atoms with Gasteiger partial charge in [-0.15, -0.1) is 0 Å². The molecule has 1 aliphatic rings. The summed E-state index contributed by atoms with van der Waals surface area (Å²) in [6, 6.07) is 12.2. The quantitative estimate of drug-likeness (QED) is 0.678. The van der Waals surface area contributed by atoms with Gasteiger partial charge in [-0.05, 0) is 31.2 Å². The van der Waals surface area contributed by atoms with Crippen LogP contribution in [0.3, 0.4) is 0 Å². The van der Waals surface area contributed by atoms with Crippen molar-refractivity contribution in [2.24, 2.45) is 0 Å². The zero-order valence-electron chi connectivity index (χ0n) is 14.2. The molecule has 1 heterocycles. The molecule has 1 N–H and O–H groups in total. The fourth-order valence-corrected chi connectivity index (χ4v) is 2.87. The number of aromatic hydroxyl groups is 1. The number of esters is 1. The average molecular weight is 353 g/mol. The zero-order chi connectivity index (χ0) is 18.8. The second kappa shape index (κ2) is 6.84. The Morgan fingerprint density at radius 2 is 1.81 bits per heavy atom. The second-order valence-electron chi connectivity index (χ2n) is 5.66. The number of amides is 1. The third-order valence-corrected chi connectivity index (χ3v) is 4.12. The van der Waals surface area contributed by atoms with Crippen LogP contribution in [-0.2, 0) is 14.3 Å². The monoisotopic (exact) mass is 353 g/mol. The van der Waals surface area contributed by atoms with Gasteiger partial charge < -0.3 is 9.84 Å². The molecule has 132 valence electrons. The number of anilines is 1. The van der Waals surface area contributed by atoms with Crippen molar-refractivity contribution < 1.29 is 23.8 Å². The lowest BCUT2D eigenvalue weighted by Gasteiger charge is -2.18. The van der Waals surface area contributed by atoms with E-state index in [9.17, 15) is 19.1 Å². The van der Waals surface area contributed by atoms with E-state index in [1.54, 1.807) is 31.2 Å². The van der Waals surface area contributed by atoms with Gasteiger partial charge in [0.05, 0.1) is 23.9 Å². The van der Waals surface area contributed by atoms with Crippen LogP contribution in [0.5, 0.6) is 5.75 Å². The average Bonchev–Trinajstić information content (AvgIpc) is 2.87. The third-order valence-electron chi connectivity index (χ3n) is 4.12. The van der Waals surface area contributed by atoms with Crippen molar-refractivity contribution in [1.82, 2.24) is 0 Å². The number of allylic oxidation sites excluding steroid dienone is 1. The van der Waals surface area contributed by atoms with Crippen LogP contribution in [0.2, 0.25) is 0 Å². The minimum absolute atomic E-state index is 0.0269. The Labute approximate surface area is 149 Å². The number of hydrogen-bond donors (Lipinski definition) is 1. The predicted octanol–water partition coefficient (Wildman–Crippen LogP) is 3.41. The van der Waals surface area contributed by atoms with Crippen molar-refractivity contribution in [3.05, 3.63) is 76.8 Å². The van der Waals surface area contributed by atoms with Gasteiger partial charge in [0.2, 0.25) is 0 Å².